The van der Waals surface area contributed by atoms with Crippen LogP contribution in [0.5, 0.6) is 0 Å². The summed E-state index contributed by atoms with van der Waals surface area (Å²) in [5.74, 6) is -1.38. The summed E-state index contributed by atoms with van der Waals surface area (Å²) in [5, 5.41) is 13.7. The van der Waals surface area contributed by atoms with Crippen molar-refractivity contribution in [3.05, 3.63) is 0 Å². The maximum absolute atomic E-state index is 11.8. The van der Waals surface area contributed by atoms with Gasteiger partial charge in [-0.2, -0.15) is 5.26 Å². The third-order valence-electron chi connectivity index (χ3n) is 2.78. The summed E-state index contributed by atoms with van der Waals surface area (Å²) in [6.07, 6.45) is 0.441. The number of nitriles is 1. The molecule has 7 heteroatoms. The van der Waals surface area contributed by atoms with E-state index in [1.54, 1.807) is 0 Å². The van der Waals surface area contributed by atoms with Gasteiger partial charge >= 0.3 is 5.97 Å². The Kier molecular flexibility index (Phi) is 7.42. The highest BCUT2D eigenvalue weighted by Crippen LogP contribution is 2.12. The van der Waals surface area contributed by atoms with Crippen LogP contribution in [0.4, 0.5) is 0 Å². The van der Waals surface area contributed by atoms with E-state index in [0.717, 1.165) is 0 Å². The van der Waals surface area contributed by atoms with Crippen molar-refractivity contribution in [3.8, 4) is 6.07 Å². The highest BCUT2D eigenvalue weighted by Gasteiger charge is 2.28. The molecule has 0 aliphatic carbocycles. The number of hydrogen-bond acceptors (Lipinski definition) is 5. The number of nitrogens with zero attached hydrogens (tertiary/aromatic N) is 1. The SMILES string of the molecule is COC(=O)[C@H](CC(C)C)NC(=O)CNC(=O)C(C)(C)C#N. The van der Waals surface area contributed by atoms with Gasteiger partial charge in [0.25, 0.3) is 0 Å². The summed E-state index contributed by atoms with van der Waals surface area (Å²) >= 11 is 0. The van der Waals surface area contributed by atoms with Gasteiger partial charge in [-0.15, -0.1) is 0 Å². The molecule has 0 aromatic carbocycles. The molecule has 0 aliphatic heterocycles. The highest BCUT2D eigenvalue weighted by atomic mass is 16.5. The molecule has 21 heavy (non-hydrogen) atoms. The summed E-state index contributed by atoms with van der Waals surface area (Å²) < 4.78 is 4.63. The smallest absolute Gasteiger partial charge is 0.328 e. The molecular formula is C14H23N3O4. The number of ether oxygens (including phenoxy) is 1. The first-order valence-electron chi connectivity index (χ1n) is 6.70. The van der Waals surface area contributed by atoms with Crippen molar-refractivity contribution >= 4 is 17.8 Å². The second kappa shape index (κ2) is 8.25. The molecule has 0 heterocycles. The Balaban J connectivity index is 4.49. The van der Waals surface area contributed by atoms with E-state index in [9.17, 15) is 14.4 Å². The van der Waals surface area contributed by atoms with E-state index in [4.69, 9.17) is 5.26 Å². The summed E-state index contributed by atoms with van der Waals surface area (Å²) in [5.41, 5.74) is -1.21. The maximum atomic E-state index is 11.8. The monoisotopic (exact) mass is 297 g/mol. The van der Waals surface area contributed by atoms with Crippen molar-refractivity contribution in [2.75, 3.05) is 13.7 Å². The number of methoxy groups -OCH3 is 1. The Hall–Kier alpha value is -2.10. The zero-order chi connectivity index (χ0) is 16.6. The molecule has 0 rings (SSSR count). The molecule has 0 aromatic heterocycles. The normalized spacial score (nSPS) is 12.2. The summed E-state index contributed by atoms with van der Waals surface area (Å²) in [6.45, 7) is 6.45. The summed E-state index contributed by atoms with van der Waals surface area (Å²) in [6, 6.07) is 1.09. The molecule has 2 amide bonds. The fourth-order valence-electron chi connectivity index (χ4n) is 1.51. The van der Waals surface area contributed by atoms with Crippen LogP contribution in [-0.4, -0.2) is 37.5 Å². The minimum atomic E-state index is -1.21. The number of amides is 2. The number of nitrogens with one attached hydrogen (secondary N) is 2. The lowest BCUT2D eigenvalue weighted by molar-refractivity contribution is -0.145. The van der Waals surface area contributed by atoms with Crippen LogP contribution in [0.1, 0.15) is 34.1 Å². The topological polar surface area (TPSA) is 108 Å². The second-order valence-electron chi connectivity index (χ2n) is 5.69. The molecule has 0 radical (unpaired) electrons. The van der Waals surface area contributed by atoms with Crippen LogP contribution in [0.3, 0.4) is 0 Å². The molecule has 0 spiro atoms. The molecule has 118 valence electrons. The van der Waals surface area contributed by atoms with E-state index >= 15 is 0 Å². The van der Waals surface area contributed by atoms with Crippen LogP contribution in [0.25, 0.3) is 0 Å². The number of carbonyl (C=O) groups excluding carboxylic acids is 3. The van der Waals surface area contributed by atoms with Gasteiger partial charge < -0.3 is 15.4 Å². The van der Waals surface area contributed by atoms with Crippen molar-refractivity contribution in [2.45, 2.75) is 40.2 Å². The molecular weight excluding hydrogens is 274 g/mol. The van der Waals surface area contributed by atoms with Crippen molar-refractivity contribution in [1.82, 2.24) is 10.6 Å². The Labute approximate surface area is 125 Å². The Morgan fingerprint density at radius 1 is 1.29 bits per heavy atom. The van der Waals surface area contributed by atoms with Gasteiger partial charge in [0.05, 0.1) is 19.7 Å². The van der Waals surface area contributed by atoms with Crippen LogP contribution >= 0.6 is 0 Å². The first-order chi connectivity index (χ1) is 9.63. The van der Waals surface area contributed by atoms with Gasteiger partial charge in [-0.05, 0) is 26.2 Å². The Morgan fingerprint density at radius 3 is 2.29 bits per heavy atom. The Bertz CT molecular complexity index is 438. The number of hydrogen-bond donors (Lipinski definition) is 2. The van der Waals surface area contributed by atoms with E-state index in [2.05, 4.69) is 15.4 Å². The minimum Gasteiger partial charge on any atom is -0.467 e. The van der Waals surface area contributed by atoms with Gasteiger partial charge in [-0.3, -0.25) is 9.59 Å². The van der Waals surface area contributed by atoms with E-state index < -0.39 is 29.2 Å². The number of esters is 1. The molecule has 0 bridgehead atoms. The number of rotatable bonds is 7. The van der Waals surface area contributed by atoms with Crippen LogP contribution in [0.2, 0.25) is 0 Å². The maximum Gasteiger partial charge on any atom is 0.328 e. The number of carbonyl (C=O) groups is 3. The van der Waals surface area contributed by atoms with Crippen molar-refractivity contribution in [3.63, 3.8) is 0 Å². The minimum absolute atomic E-state index is 0.196. The molecule has 0 fully saturated rings. The molecule has 0 saturated carbocycles. The predicted molar refractivity (Wildman–Crippen MR) is 75.8 cm³/mol. The molecule has 7 nitrogen and oxygen atoms in total. The first kappa shape index (κ1) is 18.9. The lowest BCUT2D eigenvalue weighted by Crippen LogP contribution is -2.48. The van der Waals surface area contributed by atoms with Crippen molar-refractivity contribution in [1.29, 1.82) is 5.26 Å². The van der Waals surface area contributed by atoms with Crippen LogP contribution in [0, 0.1) is 22.7 Å². The predicted octanol–water partition coefficient (Wildman–Crippen LogP) is 0.356. The second-order valence-corrected chi connectivity index (χ2v) is 5.69. The van der Waals surface area contributed by atoms with E-state index in [1.807, 2.05) is 19.9 Å². The molecule has 1 atom stereocenters. The molecule has 2 N–H and O–H groups in total. The quantitative estimate of drug-likeness (QED) is 0.659. The largest absolute Gasteiger partial charge is 0.467 e. The third kappa shape index (κ3) is 6.75. The summed E-state index contributed by atoms with van der Waals surface area (Å²) in [7, 11) is 1.25. The molecule has 0 unspecified atom stereocenters. The van der Waals surface area contributed by atoms with Gasteiger partial charge in [0.1, 0.15) is 11.5 Å². The van der Waals surface area contributed by atoms with Crippen LogP contribution in [-0.2, 0) is 19.1 Å². The molecule has 0 saturated heterocycles. The summed E-state index contributed by atoms with van der Waals surface area (Å²) in [4.78, 5) is 35.0. The first-order valence-corrected chi connectivity index (χ1v) is 6.70. The van der Waals surface area contributed by atoms with Crippen molar-refractivity contribution in [2.24, 2.45) is 11.3 Å². The van der Waals surface area contributed by atoms with Gasteiger partial charge in [0.2, 0.25) is 11.8 Å². The van der Waals surface area contributed by atoms with E-state index in [0.29, 0.717) is 6.42 Å². The fourth-order valence-corrected chi connectivity index (χ4v) is 1.51. The zero-order valence-electron chi connectivity index (χ0n) is 13.1. The lowest BCUT2D eigenvalue weighted by Gasteiger charge is -2.19. The van der Waals surface area contributed by atoms with Crippen molar-refractivity contribution < 1.29 is 19.1 Å². The van der Waals surface area contributed by atoms with E-state index in [-0.39, 0.29) is 12.5 Å². The van der Waals surface area contributed by atoms with Gasteiger partial charge in [-0.1, -0.05) is 13.8 Å². The average Bonchev–Trinajstić information content (AvgIpc) is 2.42. The molecule has 0 aromatic rings. The lowest BCUT2D eigenvalue weighted by atomic mass is 9.95. The Morgan fingerprint density at radius 2 is 1.86 bits per heavy atom. The molecule has 0 aliphatic rings. The third-order valence-corrected chi connectivity index (χ3v) is 2.78. The van der Waals surface area contributed by atoms with E-state index in [1.165, 1.54) is 21.0 Å². The van der Waals surface area contributed by atoms with Crippen LogP contribution < -0.4 is 10.6 Å². The fraction of sp³-hybridized carbons (Fsp3) is 0.714. The average molecular weight is 297 g/mol. The van der Waals surface area contributed by atoms with Crippen LogP contribution in [0.15, 0.2) is 0 Å². The van der Waals surface area contributed by atoms with Gasteiger partial charge in [-0.25, -0.2) is 4.79 Å². The standard InChI is InChI=1S/C14H23N3O4/c1-9(2)6-10(12(19)21-5)17-11(18)7-16-13(20)14(3,4)8-15/h9-10H,6-7H2,1-5H3,(H,16,20)(H,17,18)/t10-/m0/s1. The highest BCUT2D eigenvalue weighted by molar-refractivity contribution is 5.90. The zero-order valence-corrected chi connectivity index (χ0v) is 13.1. The van der Waals surface area contributed by atoms with Gasteiger partial charge in [0, 0.05) is 0 Å². The van der Waals surface area contributed by atoms with Gasteiger partial charge in [0.15, 0.2) is 0 Å².